The van der Waals surface area contributed by atoms with Gasteiger partial charge in [0.2, 0.25) is 0 Å². The van der Waals surface area contributed by atoms with Crippen molar-refractivity contribution in [2.75, 3.05) is 92.5 Å². The topological polar surface area (TPSA) is 122 Å². The molecule has 0 saturated carbocycles. The minimum absolute atomic E-state index is 0.0830. The molecule has 0 aliphatic heterocycles. The molecule has 44 heavy (non-hydrogen) atoms. The first-order valence-corrected chi connectivity index (χ1v) is 17.6. The Hall–Kier alpha value is -0.850. The Kier molecular flexibility index (Phi) is 37.6. The molecule has 0 aliphatic carbocycles. The predicted octanol–water partition coefficient (Wildman–Crippen LogP) is 5.63. The molecule has 0 saturated heterocycles. The van der Waals surface area contributed by atoms with Crippen molar-refractivity contribution in [1.29, 1.82) is 0 Å². The van der Waals surface area contributed by atoms with Crippen LogP contribution >= 0.6 is 0 Å². The lowest BCUT2D eigenvalue weighted by Crippen LogP contribution is -2.22. The van der Waals surface area contributed by atoms with Crippen molar-refractivity contribution in [2.45, 2.75) is 122 Å². The minimum Gasteiger partial charge on any atom is -0.463 e. The van der Waals surface area contributed by atoms with Crippen molar-refractivity contribution >= 4 is 5.97 Å². The summed E-state index contributed by atoms with van der Waals surface area (Å²) in [6.45, 7) is 7.65. The smallest absolute Gasteiger partial charge is 0.308 e. The summed E-state index contributed by atoms with van der Waals surface area (Å²) in [5.41, 5.74) is 0. The number of aliphatic hydroxyl groups excluding tert-OH is 2. The van der Waals surface area contributed by atoms with E-state index in [1.807, 2.05) is 0 Å². The Balaban J connectivity index is 3.09. The maximum atomic E-state index is 11.4. The van der Waals surface area contributed by atoms with Crippen LogP contribution in [0.15, 0.2) is 0 Å². The number of carbonyl (C=O) groups excluding carboxylic acids is 1. The van der Waals surface area contributed by atoms with Crippen LogP contribution in [0, 0.1) is 0 Å². The van der Waals surface area contributed by atoms with Gasteiger partial charge in [0, 0.05) is 6.61 Å². The van der Waals surface area contributed by atoms with Crippen LogP contribution in [0.4, 0.5) is 0 Å². The van der Waals surface area contributed by atoms with Crippen LogP contribution in [-0.4, -0.2) is 115 Å². The zero-order chi connectivity index (χ0) is 32.0. The van der Waals surface area contributed by atoms with Crippen LogP contribution in [0.5, 0.6) is 0 Å². The molecular weight excluding hydrogens is 568 g/mol. The summed E-state index contributed by atoms with van der Waals surface area (Å²) in [5, 5.41) is 17.7. The molecule has 0 amide bonds. The molecule has 0 spiro atoms. The Morgan fingerprint density at radius 3 is 1.16 bits per heavy atom. The third-order valence-corrected chi connectivity index (χ3v) is 7.10. The summed E-state index contributed by atoms with van der Waals surface area (Å²) >= 11 is 0. The van der Waals surface area contributed by atoms with Gasteiger partial charge < -0.3 is 43.4 Å². The Morgan fingerprint density at radius 2 is 0.795 bits per heavy atom. The summed E-state index contributed by atoms with van der Waals surface area (Å²) < 4.78 is 37.6. The molecule has 0 bridgehead atoms. The number of unbranched alkanes of at least 4 members (excludes halogenated alkanes) is 15. The fourth-order valence-corrected chi connectivity index (χ4v) is 4.42. The van der Waals surface area contributed by atoms with Crippen molar-refractivity contribution in [3.05, 3.63) is 0 Å². The van der Waals surface area contributed by atoms with E-state index in [-0.39, 0.29) is 19.6 Å². The van der Waals surface area contributed by atoms with Gasteiger partial charge in [0.15, 0.2) is 0 Å². The molecule has 10 nitrogen and oxygen atoms in total. The number of rotatable bonds is 38. The highest BCUT2D eigenvalue weighted by Crippen LogP contribution is 2.13. The van der Waals surface area contributed by atoms with Gasteiger partial charge in [-0.3, -0.25) is 4.79 Å². The minimum atomic E-state index is -1.05. The lowest BCUT2D eigenvalue weighted by atomic mass is 10.0. The molecule has 264 valence electrons. The molecule has 0 aromatic rings. The fraction of sp³-hybridized carbons (Fsp3) is 0.971. The number of hydrogen-bond acceptors (Lipinski definition) is 10. The maximum absolute atomic E-state index is 11.4. The van der Waals surface area contributed by atoms with Crippen molar-refractivity contribution < 1.29 is 48.2 Å². The van der Waals surface area contributed by atoms with E-state index in [9.17, 15) is 4.79 Å². The lowest BCUT2D eigenvalue weighted by molar-refractivity contribution is -0.148. The Morgan fingerprint density at radius 1 is 0.477 bits per heavy atom. The van der Waals surface area contributed by atoms with Crippen LogP contribution in [0.1, 0.15) is 116 Å². The number of carbonyl (C=O) groups is 1. The normalized spacial score (nSPS) is 12.2. The van der Waals surface area contributed by atoms with Crippen molar-refractivity contribution in [3.63, 3.8) is 0 Å². The number of aliphatic hydroxyl groups is 2. The van der Waals surface area contributed by atoms with Gasteiger partial charge in [-0.2, -0.15) is 0 Å². The number of hydrogen-bond donors (Lipinski definition) is 2. The van der Waals surface area contributed by atoms with Crippen LogP contribution in [0.2, 0.25) is 0 Å². The highest BCUT2D eigenvalue weighted by molar-refractivity contribution is 5.69. The standard InChI is InChI=1S/C34H68O10/c1-2-3-4-5-6-7-8-9-10-11-12-13-14-15-16-17-19-38-21-23-40-25-27-42-29-30-43-28-26-41-24-22-39-20-18-34(37)44-32-33(36)31-35/h33,35-36H,2-32H2,1H3. The van der Waals surface area contributed by atoms with Crippen LogP contribution in [0.25, 0.3) is 0 Å². The Bertz CT molecular complexity index is 552. The third kappa shape index (κ3) is 37.3. The van der Waals surface area contributed by atoms with Crippen LogP contribution < -0.4 is 0 Å². The second kappa shape index (κ2) is 38.3. The molecular formula is C34H68O10. The van der Waals surface area contributed by atoms with Gasteiger partial charge in [-0.05, 0) is 6.42 Å². The third-order valence-electron chi connectivity index (χ3n) is 7.10. The molecule has 1 atom stereocenters. The van der Waals surface area contributed by atoms with E-state index in [1.165, 1.54) is 96.3 Å². The van der Waals surface area contributed by atoms with Crippen molar-refractivity contribution in [3.8, 4) is 0 Å². The van der Waals surface area contributed by atoms with E-state index >= 15 is 0 Å². The second-order valence-electron chi connectivity index (χ2n) is 11.2. The average molecular weight is 637 g/mol. The summed E-state index contributed by atoms with van der Waals surface area (Å²) in [7, 11) is 0. The second-order valence-corrected chi connectivity index (χ2v) is 11.2. The fourth-order valence-electron chi connectivity index (χ4n) is 4.42. The molecule has 1 unspecified atom stereocenters. The maximum Gasteiger partial charge on any atom is 0.308 e. The lowest BCUT2D eigenvalue weighted by Gasteiger charge is -2.09. The molecule has 10 heteroatoms. The first-order valence-electron chi connectivity index (χ1n) is 17.6. The molecule has 0 fully saturated rings. The van der Waals surface area contributed by atoms with E-state index in [0.29, 0.717) is 66.1 Å². The van der Waals surface area contributed by atoms with E-state index in [0.717, 1.165) is 13.0 Å². The molecule has 0 heterocycles. The van der Waals surface area contributed by atoms with Gasteiger partial charge in [-0.15, -0.1) is 0 Å². The summed E-state index contributed by atoms with van der Waals surface area (Å²) in [6.07, 6.45) is 21.1. The van der Waals surface area contributed by atoms with E-state index in [1.54, 1.807) is 0 Å². The first-order chi connectivity index (χ1) is 21.7. The number of ether oxygens (including phenoxy) is 7. The molecule has 0 aromatic heterocycles. The predicted molar refractivity (Wildman–Crippen MR) is 173 cm³/mol. The molecule has 0 rings (SSSR count). The average Bonchev–Trinajstić information content (AvgIpc) is 3.03. The van der Waals surface area contributed by atoms with Crippen molar-refractivity contribution in [1.82, 2.24) is 0 Å². The van der Waals surface area contributed by atoms with Gasteiger partial charge in [-0.1, -0.05) is 103 Å². The zero-order valence-electron chi connectivity index (χ0n) is 28.2. The zero-order valence-corrected chi connectivity index (χ0v) is 28.2. The summed E-state index contributed by atoms with van der Waals surface area (Å²) in [4.78, 5) is 11.4. The molecule has 0 aliphatic rings. The quantitative estimate of drug-likeness (QED) is 0.0651. The SMILES string of the molecule is CCCCCCCCCCCCCCCCCCOCCOCCOCCOCCOCCOCCC(=O)OCC(O)CO. The largest absolute Gasteiger partial charge is 0.463 e. The molecule has 0 aromatic carbocycles. The summed E-state index contributed by atoms with van der Waals surface area (Å²) in [6, 6.07) is 0. The summed E-state index contributed by atoms with van der Waals surface area (Å²) in [5.74, 6) is -0.481. The van der Waals surface area contributed by atoms with Gasteiger partial charge in [0.05, 0.1) is 85.7 Å². The van der Waals surface area contributed by atoms with E-state index in [2.05, 4.69) is 6.92 Å². The van der Waals surface area contributed by atoms with Gasteiger partial charge in [0.25, 0.3) is 0 Å². The van der Waals surface area contributed by atoms with E-state index in [4.69, 9.17) is 43.4 Å². The van der Waals surface area contributed by atoms with Gasteiger partial charge in [-0.25, -0.2) is 0 Å². The highest BCUT2D eigenvalue weighted by Gasteiger charge is 2.07. The van der Waals surface area contributed by atoms with Crippen LogP contribution in [-0.2, 0) is 38.0 Å². The van der Waals surface area contributed by atoms with Crippen LogP contribution in [0.3, 0.4) is 0 Å². The Labute approximate surface area is 268 Å². The highest BCUT2D eigenvalue weighted by atomic mass is 16.6. The number of esters is 1. The van der Waals surface area contributed by atoms with Gasteiger partial charge >= 0.3 is 5.97 Å². The van der Waals surface area contributed by atoms with Crippen molar-refractivity contribution in [2.24, 2.45) is 0 Å². The first kappa shape index (κ1) is 43.1. The molecule has 2 N–H and O–H groups in total. The monoisotopic (exact) mass is 636 g/mol. The van der Waals surface area contributed by atoms with E-state index < -0.39 is 18.7 Å². The molecule has 0 radical (unpaired) electrons. The van der Waals surface area contributed by atoms with Gasteiger partial charge in [0.1, 0.15) is 12.7 Å².